The fraction of sp³-hybridized carbons (Fsp3) is 0.100. The van der Waals surface area contributed by atoms with Gasteiger partial charge in [-0.1, -0.05) is 48.4 Å². The molecule has 0 aliphatic carbocycles. The maximum atomic E-state index is 12.4. The molecule has 3 aromatic rings. The molecule has 0 N–H and O–H groups in total. The Hall–Kier alpha value is -3.32. The molecule has 27 heavy (non-hydrogen) atoms. The number of hydrogen-bond donors (Lipinski definition) is 0. The predicted molar refractivity (Wildman–Crippen MR) is 99.3 cm³/mol. The molecule has 4 rings (SSSR count). The Morgan fingerprint density at radius 2 is 1.67 bits per heavy atom. The topological polar surface area (TPSA) is 76.6 Å². The van der Waals surface area contributed by atoms with Crippen molar-refractivity contribution in [2.75, 3.05) is 0 Å². The first-order valence-electron chi connectivity index (χ1n) is 8.33. The summed E-state index contributed by atoms with van der Waals surface area (Å²) in [5.41, 5.74) is 2.57. The summed E-state index contributed by atoms with van der Waals surface area (Å²) in [4.78, 5) is 46.2. The van der Waals surface area contributed by atoms with Gasteiger partial charge in [0.15, 0.2) is 5.69 Å². The molecular formula is C20H14N2O4S. The molecule has 0 bridgehead atoms. The summed E-state index contributed by atoms with van der Waals surface area (Å²) < 4.78 is 0. The molecule has 2 amide bonds. The van der Waals surface area contributed by atoms with Gasteiger partial charge in [-0.2, -0.15) is 0 Å². The summed E-state index contributed by atoms with van der Waals surface area (Å²) in [5.74, 6) is -2.17. The van der Waals surface area contributed by atoms with E-state index in [2.05, 4.69) is 11.9 Å². The van der Waals surface area contributed by atoms with Crippen LogP contribution in [0.5, 0.6) is 0 Å². The third-order valence-electron chi connectivity index (χ3n) is 4.25. The SMILES string of the molecule is CCc1ccc(-c2nc(C(=O)ON3C(=O)c4ccccc4C3=O)cs2)cc1. The van der Waals surface area contributed by atoms with Crippen LogP contribution in [0.3, 0.4) is 0 Å². The second-order valence-electron chi connectivity index (χ2n) is 5.92. The molecule has 1 aliphatic rings. The van der Waals surface area contributed by atoms with Gasteiger partial charge in [0.25, 0.3) is 11.8 Å². The van der Waals surface area contributed by atoms with E-state index in [1.807, 2.05) is 24.3 Å². The Balaban J connectivity index is 1.52. The number of thiazole rings is 1. The maximum Gasteiger partial charge on any atom is 0.383 e. The Morgan fingerprint density at radius 1 is 1.04 bits per heavy atom. The molecule has 1 aromatic heterocycles. The second kappa shape index (κ2) is 6.77. The molecule has 134 valence electrons. The Kier molecular flexibility index (Phi) is 4.29. The molecule has 0 saturated heterocycles. The van der Waals surface area contributed by atoms with Crippen molar-refractivity contribution < 1.29 is 19.2 Å². The van der Waals surface area contributed by atoms with E-state index < -0.39 is 17.8 Å². The number of hydroxylamine groups is 2. The van der Waals surface area contributed by atoms with Crippen molar-refractivity contribution in [1.82, 2.24) is 10.0 Å². The fourth-order valence-corrected chi connectivity index (χ4v) is 3.56. The van der Waals surface area contributed by atoms with E-state index in [4.69, 9.17) is 4.84 Å². The number of aromatic nitrogens is 1. The summed E-state index contributed by atoms with van der Waals surface area (Å²) in [6.07, 6.45) is 0.940. The van der Waals surface area contributed by atoms with E-state index in [0.29, 0.717) is 10.1 Å². The number of nitrogens with zero attached hydrogens (tertiary/aromatic N) is 2. The van der Waals surface area contributed by atoms with Gasteiger partial charge < -0.3 is 4.84 Å². The van der Waals surface area contributed by atoms with Crippen molar-refractivity contribution in [3.8, 4) is 10.6 Å². The van der Waals surface area contributed by atoms with E-state index >= 15 is 0 Å². The number of aryl methyl sites for hydroxylation is 1. The van der Waals surface area contributed by atoms with Crippen molar-refractivity contribution in [1.29, 1.82) is 0 Å². The molecular weight excluding hydrogens is 364 g/mol. The minimum absolute atomic E-state index is 0.0473. The van der Waals surface area contributed by atoms with Crippen LogP contribution in [0.1, 0.15) is 43.7 Å². The zero-order valence-corrected chi connectivity index (χ0v) is 15.2. The van der Waals surface area contributed by atoms with Gasteiger partial charge in [-0.3, -0.25) is 9.59 Å². The number of carbonyl (C=O) groups excluding carboxylic acids is 3. The number of amides is 2. The lowest BCUT2D eigenvalue weighted by molar-refractivity contribution is -0.0587. The lowest BCUT2D eigenvalue weighted by atomic mass is 10.1. The highest BCUT2D eigenvalue weighted by Gasteiger charge is 2.39. The van der Waals surface area contributed by atoms with Crippen molar-refractivity contribution in [3.63, 3.8) is 0 Å². The number of hydrogen-bond acceptors (Lipinski definition) is 6. The summed E-state index contributed by atoms with van der Waals surface area (Å²) in [5, 5.41) is 2.69. The lowest BCUT2D eigenvalue weighted by Crippen LogP contribution is -2.32. The summed E-state index contributed by atoms with van der Waals surface area (Å²) in [6, 6.07) is 14.2. The number of rotatable bonds is 4. The second-order valence-corrected chi connectivity index (χ2v) is 6.78. The standard InChI is InChI=1S/C20H14N2O4S/c1-2-12-7-9-13(10-8-12)17-21-16(11-27-17)20(25)26-22-18(23)14-5-3-4-6-15(14)19(22)24/h3-11H,2H2,1H3. The minimum atomic E-state index is -0.850. The van der Waals surface area contributed by atoms with Crippen LogP contribution < -0.4 is 0 Å². The first-order chi connectivity index (χ1) is 13.1. The number of carbonyl (C=O) groups is 3. The van der Waals surface area contributed by atoms with Gasteiger partial charge in [0.2, 0.25) is 0 Å². The van der Waals surface area contributed by atoms with Crippen LogP contribution in [0.25, 0.3) is 10.6 Å². The van der Waals surface area contributed by atoms with Gasteiger partial charge in [-0.15, -0.1) is 11.3 Å². The highest BCUT2D eigenvalue weighted by molar-refractivity contribution is 7.13. The quantitative estimate of drug-likeness (QED) is 0.647. The largest absolute Gasteiger partial charge is 0.383 e. The van der Waals surface area contributed by atoms with E-state index in [9.17, 15) is 14.4 Å². The molecule has 0 atom stereocenters. The van der Waals surface area contributed by atoms with Gasteiger partial charge >= 0.3 is 5.97 Å². The van der Waals surface area contributed by atoms with E-state index in [1.54, 1.807) is 17.5 Å². The van der Waals surface area contributed by atoms with Crippen molar-refractivity contribution >= 4 is 29.1 Å². The molecule has 0 unspecified atom stereocenters. The van der Waals surface area contributed by atoms with Crippen LogP contribution in [0.2, 0.25) is 0 Å². The van der Waals surface area contributed by atoms with Crippen molar-refractivity contribution in [2.24, 2.45) is 0 Å². The van der Waals surface area contributed by atoms with Crippen LogP contribution >= 0.6 is 11.3 Å². The third-order valence-corrected chi connectivity index (χ3v) is 5.14. The third kappa shape index (κ3) is 3.02. The van der Waals surface area contributed by atoms with Crippen LogP contribution in [-0.4, -0.2) is 27.8 Å². The summed E-state index contributed by atoms with van der Waals surface area (Å²) >= 11 is 1.29. The Labute approximate surface area is 159 Å². The Morgan fingerprint density at radius 3 is 2.26 bits per heavy atom. The number of benzene rings is 2. The molecule has 0 radical (unpaired) electrons. The molecule has 0 spiro atoms. The molecule has 2 heterocycles. The molecule has 1 aliphatic heterocycles. The zero-order valence-electron chi connectivity index (χ0n) is 14.3. The highest BCUT2D eigenvalue weighted by Crippen LogP contribution is 2.26. The number of fused-ring (bicyclic) bond motifs is 1. The summed E-state index contributed by atoms with van der Waals surface area (Å²) in [7, 11) is 0. The van der Waals surface area contributed by atoms with Crippen LogP contribution in [0.4, 0.5) is 0 Å². The van der Waals surface area contributed by atoms with Gasteiger partial charge in [0, 0.05) is 10.9 Å². The molecule has 6 nitrogen and oxygen atoms in total. The first kappa shape index (κ1) is 17.1. The average molecular weight is 378 g/mol. The zero-order chi connectivity index (χ0) is 19.0. The van der Waals surface area contributed by atoms with E-state index in [0.717, 1.165) is 12.0 Å². The van der Waals surface area contributed by atoms with Gasteiger partial charge in [0.05, 0.1) is 11.1 Å². The van der Waals surface area contributed by atoms with Crippen LogP contribution in [-0.2, 0) is 11.3 Å². The van der Waals surface area contributed by atoms with Gasteiger partial charge in [-0.05, 0) is 24.1 Å². The van der Waals surface area contributed by atoms with Crippen molar-refractivity contribution in [3.05, 3.63) is 76.3 Å². The number of imide groups is 1. The monoisotopic (exact) mass is 378 g/mol. The normalized spacial score (nSPS) is 13.0. The van der Waals surface area contributed by atoms with E-state index in [-0.39, 0.29) is 16.8 Å². The van der Waals surface area contributed by atoms with Gasteiger partial charge in [0.1, 0.15) is 5.01 Å². The van der Waals surface area contributed by atoms with E-state index in [1.165, 1.54) is 29.0 Å². The van der Waals surface area contributed by atoms with Crippen LogP contribution in [0, 0.1) is 0 Å². The molecule has 0 fully saturated rings. The lowest BCUT2D eigenvalue weighted by Gasteiger charge is -2.11. The fourth-order valence-electron chi connectivity index (χ4n) is 2.76. The van der Waals surface area contributed by atoms with Gasteiger partial charge in [-0.25, -0.2) is 9.78 Å². The molecule has 2 aromatic carbocycles. The molecule has 0 saturated carbocycles. The minimum Gasteiger partial charge on any atom is -0.322 e. The smallest absolute Gasteiger partial charge is 0.322 e. The van der Waals surface area contributed by atoms with Crippen LogP contribution in [0.15, 0.2) is 53.9 Å². The first-order valence-corrected chi connectivity index (χ1v) is 9.21. The molecule has 7 heteroatoms. The predicted octanol–water partition coefficient (Wildman–Crippen LogP) is 3.74. The summed E-state index contributed by atoms with van der Waals surface area (Å²) in [6.45, 7) is 2.08. The highest BCUT2D eigenvalue weighted by atomic mass is 32.1. The van der Waals surface area contributed by atoms with Crippen molar-refractivity contribution in [2.45, 2.75) is 13.3 Å². The maximum absolute atomic E-state index is 12.4. The Bertz CT molecular complexity index is 1020. The average Bonchev–Trinajstić information content (AvgIpc) is 3.29.